The lowest BCUT2D eigenvalue weighted by molar-refractivity contribution is 0.281. The van der Waals surface area contributed by atoms with Crippen LogP contribution >= 0.6 is 0 Å². The number of aliphatic hydroxyl groups excluding tert-OH is 1. The average molecular weight is 283 g/mol. The van der Waals surface area contributed by atoms with E-state index >= 15 is 0 Å². The second kappa shape index (κ2) is 4.89. The lowest BCUT2D eigenvalue weighted by Crippen LogP contribution is -2.42. The number of aliphatic hydroxyl groups is 1. The topological polar surface area (TPSA) is 57.6 Å². The van der Waals surface area contributed by atoms with E-state index in [1.807, 2.05) is 13.8 Å². The predicted octanol–water partition coefficient (Wildman–Crippen LogP) is 2.05. The highest BCUT2D eigenvalue weighted by Crippen LogP contribution is 2.35. The normalized spacial score (nSPS) is 19.8. The van der Waals surface area contributed by atoms with E-state index in [0.29, 0.717) is 17.0 Å². The van der Waals surface area contributed by atoms with Gasteiger partial charge in [0.1, 0.15) is 0 Å². The van der Waals surface area contributed by atoms with Gasteiger partial charge in [-0.05, 0) is 50.8 Å². The molecule has 1 heterocycles. The fourth-order valence-electron chi connectivity index (χ4n) is 2.67. The number of sulfonamides is 1. The Morgan fingerprint density at radius 1 is 1.37 bits per heavy atom. The van der Waals surface area contributed by atoms with Crippen molar-refractivity contribution in [2.24, 2.45) is 0 Å². The van der Waals surface area contributed by atoms with E-state index in [-0.39, 0.29) is 12.1 Å². The van der Waals surface area contributed by atoms with Gasteiger partial charge < -0.3 is 5.11 Å². The number of nitrogens with zero attached hydrogens (tertiary/aromatic N) is 1. The first-order valence-electron chi connectivity index (χ1n) is 6.52. The molecule has 2 rings (SSSR count). The molecule has 0 aromatic heterocycles. The van der Waals surface area contributed by atoms with Crippen molar-refractivity contribution in [2.45, 2.75) is 50.7 Å². The van der Waals surface area contributed by atoms with Crippen LogP contribution in [0.1, 0.15) is 37.8 Å². The summed E-state index contributed by atoms with van der Waals surface area (Å²) in [4.78, 5) is 0.314. The molecule has 1 saturated heterocycles. The molecular formula is C14H21NO3S. The Hall–Kier alpha value is -0.910. The molecule has 1 aromatic rings. The van der Waals surface area contributed by atoms with Crippen molar-refractivity contribution in [3.05, 3.63) is 29.3 Å². The van der Waals surface area contributed by atoms with Crippen molar-refractivity contribution in [2.75, 3.05) is 6.54 Å². The van der Waals surface area contributed by atoms with Gasteiger partial charge in [0, 0.05) is 12.1 Å². The Balaban J connectivity index is 2.51. The highest BCUT2D eigenvalue weighted by atomic mass is 32.2. The van der Waals surface area contributed by atoms with Gasteiger partial charge in [-0.15, -0.1) is 0 Å². The van der Waals surface area contributed by atoms with Gasteiger partial charge in [-0.25, -0.2) is 8.42 Å². The Labute approximate surface area is 115 Å². The molecule has 1 fully saturated rings. The third-order valence-electron chi connectivity index (χ3n) is 3.83. The summed E-state index contributed by atoms with van der Waals surface area (Å²) < 4.78 is 27.2. The van der Waals surface area contributed by atoms with Gasteiger partial charge in [0.25, 0.3) is 0 Å². The van der Waals surface area contributed by atoms with Crippen LogP contribution in [-0.2, 0) is 16.6 Å². The molecule has 0 unspecified atom stereocenters. The van der Waals surface area contributed by atoms with Gasteiger partial charge in [0.05, 0.1) is 11.5 Å². The van der Waals surface area contributed by atoms with Crippen molar-refractivity contribution >= 4 is 10.0 Å². The quantitative estimate of drug-likeness (QED) is 0.923. The molecule has 1 aromatic carbocycles. The van der Waals surface area contributed by atoms with Crippen LogP contribution in [0.15, 0.2) is 23.1 Å². The summed E-state index contributed by atoms with van der Waals surface area (Å²) in [6.45, 7) is 6.13. The van der Waals surface area contributed by atoms with Crippen molar-refractivity contribution in [3.8, 4) is 0 Å². The van der Waals surface area contributed by atoms with E-state index < -0.39 is 10.0 Å². The zero-order chi connectivity index (χ0) is 14.3. The molecule has 5 heteroatoms. The van der Waals surface area contributed by atoms with Crippen LogP contribution < -0.4 is 0 Å². The Bertz CT molecular complexity index is 578. The number of aryl methyl sites for hydroxylation is 1. The van der Waals surface area contributed by atoms with Gasteiger partial charge in [-0.3, -0.25) is 0 Å². The minimum absolute atomic E-state index is 0.147. The third-order valence-corrected chi connectivity index (χ3v) is 6.08. The fourth-order valence-corrected chi connectivity index (χ4v) is 4.79. The first-order valence-corrected chi connectivity index (χ1v) is 7.96. The third kappa shape index (κ3) is 2.55. The summed E-state index contributed by atoms with van der Waals surface area (Å²) in [7, 11) is -3.49. The molecule has 4 nitrogen and oxygen atoms in total. The molecule has 0 spiro atoms. The van der Waals surface area contributed by atoms with E-state index in [1.54, 1.807) is 29.4 Å². The SMILES string of the molecule is Cc1ccc(CO)cc1S(=O)(=O)N1CCCC1(C)C. The molecular weight excluding hydrogens is 262 g/mol. The molecule has 0 aliphatic carbocycles. The number of hydrogen-bond donors (Lipinski definition) is 1. The summed E-state index contributed by atoms with van der Waals surface area (Å²) in [5.41, 5.74) is 1.02. The molecule has 0 bridgehead atoms. The van der Waals surface area contributed by atoms with E-state index in [2.05, 4.69) is 0 Å². The van der Waals surface area contributed by atoms with Gasteiger partial charge in [-0.2, -0.15) is 4.31 Å². The lowest BCUT2D eigenvalue weighted by atomic mass is 10.0. The van der Waals surface area contributed by atoms with E-state index in [9.17, 15) is 13.5 Å². The van der Waals surface area contributed by atoms with E-state index in [4.69, 9.17) is 0 Å². The van der Waals surface area contributed by atoms with Crippen LogP contribution in [0.5, 0.6) is 0 Å². The van der Waals surface area contributed by atoms with Crippen molar-refractivity contribution < 1.29 is 13.5 Å². The van der Waals surface area contributed by atoms with Crippen LogP contribution in [0.25, 0.3) is 0 Å². The summed E-state index contributed by atoms with van der Waals surface area (Å²) in [6, 6.07) is 5.09. The maximum absolute atomic E-state index is 12.8. The zero-order valence-electron chi connectivity index (χ0n) is 11.7. The van der Waals surface area contributed by atoms with Crippen molar-refractivity contribution in [3.63, 3.8) is 0 Å². The Kier molecular flexibility index (Phi) is 3.73. The predicted molar refractivity (Wildman–Crippen MR) is 74.3 cm³/mol. The molecule has 106 valence electrons. The first kappa shape index (κ1) is 14.5. The summed E-state index contributed by atoms with van der Waals surface area (Å²) in [6.07, 6.45) is 1.77. The van der Waals surface area contributed by atoms with Crippen molar-refractivity contribution in [1.82, 2.24) is 4.31 Å². The molecule has 0 atom stereocenters. The van der Waals surface area contributed by atoms with Gasteiger partial charge in [0.2, 0.25) is 10.0 Å². The van der Waals surface area contributed by atoms with Gasteiger partial charge in [0.15, 0.2) is 0 Å². The lowest BCUT2D eigenvalue weighted by Gasteiger charge is -2.31. The monoisotopic (exact) mass is 283 g/mol. The second-order valence-corrected chi connectivity index (χ2v) is 7.58. The minimum atomic E-state index is -3.49. The number of rotatable bonds is 3. The maximum atomic E-state index is 12.8. The largest absolute Gasteiger partial charge is 0.392 e. The van der Waals surface area contributed by atoms with Crippen LogP contribution in [0.4, 0.5) is 0 Å². The fraction of sp³-hybridized carbons (Fsp3) is 0.571. The standard InChI is InChI=1S/C14H21NO3S/c1-11-5-6-12(10-16)9-13(11)19(17,18)15-8-4-7-14(15,2)3/h5-6,9,16H,4,7-8,10H2,1-3H3. The Morgan fingerprint density at radius 2 is 2.05 bits per heavy atom. The summed E-state index contributed by atoms with van der Waals surface area (Å²) in [5.74, 6) is 0. The van der Waals surface area contributed by atoms with Crippen LogP contribution in [0.3, 0.4) is 0 Å². The molecule has 0 radical (unpaired) electrons. The highest BCUT2D eigenvalue weighted by molar-refractivity contribution is 7.89. The molecule has 1 aliphatic heterocycles. The molecule has 1 aliphatic rings. The van der Waals surface area contributed by atoms with Crippen molar-refractivity contribution in [1.29, 1.82) is 0 Å². The van der Waals surface area contributed by atoms with Crippen LogP contribution in [0, 0.1) is 6.92 Å². The summed E-state index contributed by atoms with van der Waals surface area (Å²) in [5, 5.41) is 9.18. The minimum Gasteiger partial charge on any atom is -0.392 e. The second-order valence-electron chi connectivity index (χ2n) is 5.75. The smallest absolute Gasteiger partial charge is 0.243 e. The molecule has 1 N–H and O–H groups in total. The number of benzene rings is 1. The first-order chi connectivity index (χ1) is 8.79. The highest BCUT2D eigenvalue weighted by Gasteiger charge is 2.41. The van der Waals surface area contributed by atoms with Crippen LogP contribution in [-0.4, -0.2) is 29.9 Å². The van der Waals surface area contributed by atoms with Crippen LogP contribution in [0.2, 0.25) is 0 Å². The Morgan fingerprint density at radius 3 is 2.58 bits per heavy atom. The summed E-state index contributed by atoms with van der Waals surface area (Å²) >= 11 is 0. The van der Waals surface area contributed by atoms with Gasteiger partial charge >= 0.3 is 0 Å². The average Bonchev–Trinajstić information content (AvgIpc) is 2.70. The van der Waals surface area contributed by atoms with E-state index in [0.717, 1.165) is 18.4 Å². The molecule has 19 heavy (non-hydrogen) atoms. The van der Waals surface area contributed by atoms with E-state index in [1.165, 1.54) is 0 Å². The maximum Gasteiger partial charge on any atom is 0.243 e. The number of hydrogen-bond acceptors (Lipinski definition) is 3. The van der Waals surface area contributed by atoms with Gasteiger partial charge in [-0.1, -0.05) is 12.1 Å². The molecule has 0 saturated carbocycles. The molecule has 0 amide bonds. The zero-order valence-corrected chi connectivity index (χ0v) is 12.5.